The van der Waals surface area contributed by atoms with Gasteiger partial charge in [-0.05, 0) is 40.6 Å². The van der Waals surface area contributed by atoms with Crippen molar-refractivity contribution in [2.45, 2.75) is 32.2 Å². The molecule has 19 heavy (non-hydrogen) atoms. The predicted octanol–water partition coefficient (Wildman–Crippen LogP) is 3.28. The molecule has 0 aliphatic rings. The highest BCUT2D eigenvalue weighted by atomic mass is 79.9. The van der Waals surface area contributed by atoms with Crippen LogP contribution in [0.15, 0.2) is 22.0 Å². The van der Waals surface area contributed by atoms with Crippen molar-refractivity contribution in [3.8, 4) is 0 Å². The zero-order valence-electron chi connectivity index (χ0n) is 10.6. The van der Waals surface area contributed by atoms with Crippen molar-refractivity contribution >= 4 is 45.2 Å². The van der Waals surface area contributed by atoms with Crippen molar-refractivity contribution in [1.82, 2.24) is 5.32 Å². The minimum absolute atomic E-state index is 0.381. The lowest BCUT2D eigenvalue weighted by molar-refractivity contribution is -0.141. The summed E-state index contributed by atoms with van der Waals surface area (Å²) in [7, 11) is 0. The highest BCUT2D eigenvalue weighted by Crippen LogP contribution is 2.22. The lowest BCUT2D eigenvalue weighted by Gasteiger charge is -2.12. The molecule has 6 heteroatoms. The van der Waals surface area contributed by atoms with E-state index in [0.717, 1.165) is 21.5 Å². The summed E-state index contributed by atoms with van der Waals surface area (Å²) in [6.07, 6.45) is 5.16. The van der Waals surface area contributed by atoms with E-state index in [-0.39, 0.29) is 5.91 Å². The molecule has 0 bridgehead atoms. The van der Waals surface area contributed by atoms with Crippen LogP contribution in [0.25, 0.3) is 6.08 Å². The van der Waals surface area contributed by atoms with Gasteiger partial charge in [0.05, 0.1) is 3.79 Å². The summed E-state index contributed by atoms with van der Waals surface area (Å²) >= 11 is 4.84. The minimum atomic E-state index is -0.992. The van der Waals surface area contributed by atoms with Gasteiger partial charge < -0.3 is 10.4 Å². The Morgan fingerprint density at radius 3 is 2.79 bits per heavy atom. The Kier molecular flexibility index (Phi) is 6.80. The average molecular weight is 346 g/mol. The zero-order valence-corrected chi connectivity index (χ0v) is 13.0. The van der Waals surface area contributed by atoms with E-state index in [1.165, 1.54) is 17.4 Å². The van der Waals surface area contributed by atoms with Crippen LogP contribution >= 0.6 is 27.3 Å². The Balaban J connectivity index is 2.52. The molecule has 0 saturated heterocycles. The summed E-state index contributed by atoms with van der Waals surface area (Å²) < 4.78 is 0.985. The Labute approximate surface area is 124 Å². The molecule has 0 aliphatic heterocycles. The van der Waals surface area contributed by atoms with Gasteiger partial charge in [0.2, 0.25) is 5.91 Å². The molecule has 1 rings (SSSR count). The molecule has 1 unspecified atom stereocenters. The highest BCUT2D eigenvalue weighted by molar-refractivity contribution is 9.11. The third kappa shape index (κ3) is 6.02. The third-order valence-corrected chi connectivity index (χ3v) is 4.04. The molecule has 4 nitrogen and oxygen atoms in total. The topological polar surface area (TPSA) is 66.4 Å². The Bertz CT molecular complexity index is 470. The van der Waals surface area contributed by atoms with E-state index in [0.29, 0.717) is 6.42 Å². The first-order valence-corrected chi connectivity index (χ1v) is 7.60. The number of aliphatic carboxylic acids is 1. The highest BCUT2D eigenvalue weighted by Gasteiger charge is 2.17. The fourth-order valence-electron chi connectivity index (χ4n) is 1.46. The van der Waals surface area contributed by atoms with E-state index in [4.69, 9.17) is 5.11 Å². The SMILES string of the molecule is CCCCC(NC(=O)/C=C/c1ccc(Br)s1)C(=O)O. The summed E-state index contributed by atoms with van der Waals surface area (Å²) in [5, 5.41) is 11.5. The molecule has 0 saturated carbocycles. The molecular weight excluding hydrogens is 330 g/mol. The maximum atomic E-state index is 11.6. The van der Waals surface area contributed by atoms with Gasteiger partial charge in [-0.15, -0.1) is 11.3 Å². The molecular formula is C13H16BrNO3S. The van der Waals surface area contributed by atoms with Gasteiger partial charge in [-0.25, -0.2) is 4.79 Å². The number of carbonyl (C=O) groups excluding carboxylic acids is 1. The number of amides is 1. The van der Waals surface area contributed by atoms with Crippen molar-refractivity contribution in [1.29, 1.82) is 0 Å². The van der Waals surface area contributed by atoms with Gasteiger partial charge in [-0.3, -0.25) is 4.79 Å². The van der Waals surface area contributed by atoms with Gasteiger partial charge in [-0.2, -0.15) is 0 Å². The van der Waals surface area contributed by atoms with Crippen LogP contribution in [0.2, 0.25) is 0 Å². The van der Waals surface area contributed by atoms with E-state index < -0.39 is 12.0 Å². The van der Waals surface area contributed by atoms with E-state index in [1.807, 2.05) is 19.1 Å². The molecule has 1 aromatic heterocycles. The number of hydrogen-bond donors (Lipinski definition) is 2. The number of hydrogen-bond acceptors (Lipinski definition) is 3. The first-order chi connectivity index (χ1) is 9.02. The average Bonchev–Trinajstić information content (AvgIpc) is 2.77. The second kappa shape index (κ2) is 8.12. The Morgan fingerprint density at radius 2 is 2.26 bits per heavy atom. The monoisotopic (exact) mass is 345 g/mol. The van der Waals surface area contributed by atoms with Crippen molar-refractivity contribution in [2.24, 2.45) is 0 Å². The molecule has 0 radical (unpaired) electrons. The molecule has 1 atom stereocenters. The summed E-state index contributed by atoms with van der Waals surface area (Å²) in [4.78, 5) is 23.5. The number of rotatable bonds is 7. The van der Waals surface area contributed by atoms with Crippen LogP contribution in [0.4, 0.5) is 0 Å². The molecule has 0 fully saturated rings. The van der Waals surface area contributed by atoms with E-state index >= 15 is 0 Å². The number of nitrogens with one attached hydrogen (secondary N) is 1. The van der Waals surface area contributed by atoms with Crippen molar-refractivity contribution in [2.75, 3.05) is 0 Å². The summed E-state index contributed by atoms with van der Waals surface area (Å²) in [6.45, 7) is 1.98. The van der Waals surface area contributed by atoms with Crippen LogP contribution in [-0.4, -0.2) is 23.0 Å². The molecule has 2 N–H and O–H groups in total. The first kappa shape index (κ1) is 15.9. The van der Waals surface area contributed by atoms with Gasteiger partial charge in [0.15, 0.2) is 0 Å². The second-order valence-electron chi connectivity index (χ2n) is 4.02. The Morgan fingerprint density at radius 1 is 1.53 bits per heavy atom. The number of halogens is 1. The molecule has 0 aliphatic carbocycles. The number of carboxylic acids is 1. The molecule has 1 heterocycles. The second-order valence-corrected chi connectivity index (χ2v) is 6.51. The fourth-order valence-corrected chi connectivity index (χ4v) is 2.79. The maximum Gasteiger partial charge on any atom is 0.326 e. The van der Waals surface area contributed by atoms with Crippen molar-refractivity contribution in [3.63, 3.8) is 0 Å². The van der Waals surface area contributed by atoms with Gasteiger partial charge in [-0.1, -0.05) is 19.8 Å². The van der Waals surface area contributed by atoms with Crippen LogP contribution in [0.3, 0.4) is 0 Å². The quantitative estimate of drug-likeness (QED) is 0.745. The van der Waals surface area contributed by atoms with Gasteiger partial charge in [0.25, 0.3) is 0 Å². The number of carbonyl (C=O) groups is 2. The standard InChI is InChI=1S/C13H16BrNO3S/c1-2-3-4-10(13(17)18)15-12(16)8-6-9-5-7-11(14)19-9/h5-8,10H,2-4H2,1H3,(H,15,16)(H,17,18)/b8-6+. The number of unbranched alkanes of at least 4 members (excludes halogenated alkanes) is 1. The van der Waals surface area contributed by atoms with Crippen LogP contribution in [0.1, 0.15) is 31.1 Å². The molecule has 0 aromatic carbocycles. The van der Waals surface area contributed by atoms with Crippen molar-refractivity contribution < 1.29 is 14.7 Å². The molecule has 104 valence electrons. The third-order valence-electron chi connectivity index (χ3n) is 2.45. The minimum Gasteiger partial charge on any atom is -0.480 e. The van der Waals surface area contributed by atoms with E-state index in [9.17, 15) is 9.59 Å². The predicted molar refractivity (Wildman–Crippen MR) is 80.1 cm³/mol. The van der Waals surface area contributed by atoms with Crippen LogP contribution < -0.4 is 5.32 Å². The maximum absolute atomic E-state index is 11.6. The molecule has 1 amide bonds. The van der Waals surface area contributed by atoms with E-state index in [1.54, 1.807) is 6.08 Å². The summed E-state index contributed by atoms with van der Waals surface area (Å²) in [5.74, 6) is -1.37. The molecule has 0 spiro atoms. The summed E-state index contributed by atoms with van der Waals surface area (Å²) in [6, 6.07) is 2.96. The number of thiophene rings is 1. The lowest BCUT2D eigenvalue weighted by Crippen LogP contribution is -2.39. The smallest absolute Gasteiger partial charge is 0.326 e. The van der Waals surface area contributed by atoms with Crippen LogP contribution in [0.5, 0.6) is 0 Å². The van der Waals surface area contributed by atoms with Crippen molar-refractivity contribution in [3.05, 3.63) is 26.9 Å². The lowest BCUT2D eigenvalue weighted by atomic mass is 10.1. The summed E-state index contributed by atoms with van der Waals surface area (Å²) in [5.41, 5.74) is 0. The normalized spacial score (nSPS) is 12.5. The number of carboxylic acid groups (broad SMARTS) is 1. The molecule has 1 aromatic rings. The van der Waals surface area contributed by atoms with E-state index in [2.05, 4.69) is 21.2 Å². The van der Waals surface area contributed by atoms with Crippen LogP contribution in [-0.2, 0) is 9.59 Å². The van der Waals surface area contributed by atoms with Gasteiger partial charge in [0, 0.05) is 11.0 Å². The zero-order chi connectivity index (χ0) is 14.3. The van der Waals surface area contributed by atoms with Gasteiger partial charge in [0.1, 0.15) is 6.04 Å². The fraction of sp³-hybridized carbons (Fsp3) is 0.385. The first-order valence-electron chi connectivity index (χ1n) is 5.99. The largest absolute Gasteiger partial charge is 0.480 e. The van der Waals surface area contributed by atoms with Crippen LogP contribution in [0, 0.1) is 0 Å². The van der Waals surface area contributed by atoms with Gasteiger partial charge >= 0.3 is 5.97 Å². The Hall–Kier alpha value is -1.14.